The average Bonchev–Trinajstić information content (AvgIpc) is 3.31. The number of nitrogens with zero attached hydrogens (tertiary/aromatic N) is 1. The number of nitrogens with one attached hydrogen (secondary N) is 1. The Morgan fingerprint density at radius 1 is 1.38 bits per heavy atom. The van der Waals surface area contributed by atoms with Crippen LogP contribution in [0.15, 0.2) is 35.7 Å². The molecule has 26 heavy (non-hydrogen) atoms. The molecular formula is C18H19FN2O4S. The van der Waals surface area contributed by atoms with E-state index in [0.717, 1.165) is 29.9 Å². The van der Waals surface area contributed by atoms with E-state index in [1.54, 1.807) is 11.3 Å². The lowest BCUT2D eigenvalue weighted by atomic mass is 9.96. The molecule has 0 bridgehead atoms. The van der Waals surface area contributed by atoms with Crippen LogP contribution in [0.5, 0.6) is 5.75 Å². The summed E-state index contributed by atoms with van der Waals surface area (Å²) in [6.45, 7) is -0.272. The number of nitro groups is 1. The Kier molecular flexibility index (Phi) is 5.82. The molecule has 1 aromatic carbocycles. The lowest BCUT2D eigenvalue weighted by Crippen LogP contribution is -2.35. The number of rotatable bonds is 7. The van der Waals surface area contributed by atoms with Crippen molar-refractivity contribution in [1.29, 1.82) is 0 Å². The lowest BCUT2D eigenvalue weighted by Gasteiger charge is -2.23. The summed E-state index contributed by atoms with van der Waals surface area (Å²) in [5, 5.41) is 15.6. The van der Waals surface area contributed by atoms with E-state index in [4.69, 9.17) is 4.74 Å². The van der Waals surface area contributed by atoms with Crippen molar-refractivity contribution in [2.45, 2.75) is 31.7 Å². The number of carbonyl (C=O) groups excluding carboxylic acids is 1. The predicted octanol–water partition coefficient (Wildman–Crippen LogP) is 4.22. The van der Waals surface area contributed by atoms with Gasteiger partial charge in [0.25, 0.3) is 5.91 Å². The van der Waals surface area contributed by atoms with E-state index < -0.39 is 16.4 Å². The minimum Gasteiger partial charge on any atom is -0.484 e. The van der Waals surface area contributed by atoms with Crippen LogP contribution in [0, 0.1) is 21.8 Å². The van der Waals surface area contributed by atoms with E-state index >= 15 is 0 Å². The minimum absolute atomic E-state index is 0.0396. The second kappa shape index (κ2) is 8.27. The summed E-state index contributed by atoms with van der Waals surface area (Å²) in [6.07, 6.45) is 4.50. The number of amides is 1. The van der Waals surface area contributed by atoms with Gasteiger partial charge in [-0.3, -0.25) is 14.9 Å². The van der Waals surface area contributed by atoms with Gasteiger partial charge in [-0.15, -0.1) is 11.3 Å². The van der Waals surface area contributed by atoms with E-state index in [-0.39, 0.29) is 24.3 Å². The molecule has 1 fully saturated rings. The van der Waals surface area contributed by atoms with Crippen LogP contribution in [0.4, 0.5) is 10.1 Å². The maximum Gasteiger partial charge on any atom is 0.305 e. The van der Waals surface area contributed by atoms with Gasteiger partial charge in [-0.05, 0) is 36.3 Å². The molecule has 0 aliphatic heterocycles. The molecule has 1 heterocycles. The first kappa shape index (κ1) is 18.3. The van der Waals surface area contributed by atoms with Gasteiger partial charge in [0.15, 0.2) is 6.61 Å². The Labute approximate surface area is 154 Å². The van der Waals surface area contributed by atoms with Crippen LogP contribution in [0.3, 0.4) is 0 Å². The van der Waals surface area contributed by atoms with Crippen LogP contribution in [-0.4, -0.2) is 17.4 Å². The molecule has 1 amide bonds. The van der Waals surface area contributed by atoms with Crippen molar-refractivity contribution < 1.29 is 18.8 Å². The predicted molar refractivity (Wildman–Crippen MR) is 95.7 cm³/mol. The summed E-state index contributed by atoms with van der Waals surface area (Å²) in [5.74, 6) is -0.796. The van der Waals surface area contributed by atoms with Gasteiger partial charge in [0.05, 0.1) is 11.0 Å². The molecule has 1 aliphatic rings. The largest absolute Gasteiger partial charge is 0.484 e. The Balaban J connectivity index is 1.60. The van der Waals surface area contributed by atoms with Gasteiger partial charge in [-0.1, -0.05) is 18.9 Å². The summed E-state index contributed by atoms with van der Waals surface area (Å²) in [6, 6.07) is 7.16. The van der Waals surface area contributed by atoms with Gasteiger partial charge in [-0.25, -0.2) is 0 Å². The molecule has 1 atom stereocenters. The van der Waals surface area contributed by atoms with Crippen LogP contribution in [0.1, 0.15) is 36.6 Å². The van der Waals surface area contributed by atoms with E-state index in [2.05, 4.69) is 5.32 Å². The second-order valence-electron chi connectivity index (χ2n) is 6.26. The van der Waals surface area contributed by atoms with E-state index in [1.165, 1.54) is 18.9 Å². The van der Waals surface area contributed by atoms with Crippen molar-refractivity contribution in [2.75, 3.05) is 6.61 Å². The summed E-state index contributed by atoms with van der Waals surface area (Å²) >= 11 is 1.61. The topological polar surface area (TPSA) is 81.5 Å². The SMILES string of the molecule is O=C(COc1ccc([N+](=O)[O-])c(F)c1)NC(c1cccs1)C1CCCC1. The molecule has 1 aliphatic carbocycles. The maximum absolute atomic E-state index is 13.6. The number of hydrogen-bond acceptors (Lipinski definition) is 5. The van der Waals surface area contributed by atoms with E-state index in [0.29, 0.717) is 5.92 Å². The highest BCUT2D eigenvalue weighted by Crippen LogP contribution is 2.37. The van der Waals surface area contributed by atoms with Gasteiger partial charge in [0, 0.05) is 17.0 Å². The smallest absolute Gasteiger partial charge is 0.305 e. The molecule has 2 aromatic rings. The number of halogens is 1. The van der Waals surface area contributed by atoms with E-state index in [9.17, 15) is 19.3 Å². The minimum atomic E-state index is -0.990. The van der Waals surface area contributed by atoms with Crippen molar-refractivity contribution >= 4 is 22.9 Å². The standard InChI is InChI=1S/C18H19FN2O4S/c19-14-10-13(7-8-15(14)21(23)24)25-11-17(22)20-18(12-4-1-2-5-12)16-6-3-9-26-16/h3,6-10,12,18H,1-2,4-5,11H2,(H,20,22). The highest BCUT2D eigenvalue weighted by Gasteiger charge is 2.28. The fraction of sp³-hybridized carbons (Fsp3) is 0.389. The van der Waals surface area contributed by atoms with Crippen LogP contribution in [0.25, 0.3) is 0 Å². The lowest BCUT2D eigenvalue weighted by molar-refractivity contribution is -0.387. The first-order chi connectivity index (χ1) is 12.5. The molecule has 6 nitrogen and oxygen atoms in total. The number of ether oxygens (including phenoxy) is 1. The summed E-state index contributed by atoms with van der Waals surface area (Å²) in [7, 11) is 0. The van der Waals surface area contributed by atoms with Crippen molar-refractivity contribution in [1.82, 2.24) is 5.32 Å². The molecule has 1 N–H and O–H groups in total. The fourth-order valence-corrected chi connectivity index (χ4v) is 4.14. The molecule has 0 saturated heterocycles. The van der Waals surface area contributed by atoms with Crippen molar-refractivity contribution in [3.05, 3.63) is 56.5 Å². The number of benzene rings is 1. The van der Waals surface area contributed by atoms with Gasteiger partial charge in [-0.2, -0.15) is 4.39 Å². The average molecular weight is 378 g/mol. The Morgan fingerprint density at radius 2 is 2.15 bits per heavy atom. The molecular weight excluding hydrogens is 359 g/mol. The third-order valence-electron chi connectivity index (χ3n) is 4.52. The summed E-state index contributed by atoms with van der Waals surface area (Å²) in [5.41, 5.74) is -0.624. The zero-order chi connectivity index (χ0) is 18.5. The summed E-state index contributed by atoms with van der Waals surface area (Å²) < 4.78 is 18.9. The molecule has 1 unspecified atom stereocenters. The molecule has 0 radical (unpaired) electrons. The Hall–Kier alpha value is -2.48. The fourth-order valence-electron chi connectivity index (χ4n) is 3.27. The second-order valence-corrected chi connectivity index (χ2v) is 7.24. The first-order valence-corrected chi connectivity index (χ1v) is 9.32. The quantitative estimate of drug-likeness (QED) is 0.578. The molecule has 0 spiro atoms. The van der Waals surface area contributed by atoms with Crippen LogP contribution < -0.4 is 10.1 Å². The Morgan fingerprint density at radius 3 is 2.77 bits per heavy atom. The molecule has 138 valence electrons. The van der Waals surface area contributed by atoms with Gasteiger partial charge in [0.1, 0.15) is 5.75 Å². The number of nitro benzene ring substituents is 1. The molecule has 3 rings (SSSR count). The van der Waals surface area contributed by atoms with Gasteiger partial charge < -0.3 is 10.1 Å². The third kappa shape index (κ3) is 4.37. The van der Waals surface area contributed by atoms with Crippen molar-refractivity contribution in [3.8, 4) is 5.75 Å². The van der Waals surface area contributed by atoms with Crippen LogP contribution in [0.2, 0.25) is 0 Å². The van der Waals surface area contributed by atoms with Crippen molar-refractivity contribution in [3.63, 3.8) is 0 Å². The van der Waals surface area contributed by atoms with Gasteiger partial charge >= 0.3 is 5.69 Å². The zero-order valence-electron chi connectivity index (χ0n) is 14.0. The van der Waals surface area contributed by atoms with E-state index in [1.807, 2.05) is 17.5 Å². The molecule has 1 aromatic heterocycles. The first-order valence-electron chi connectivity index (χ1n) is 8.44. The Bertz CT molecular complexity index is 776. The monoisotopic (exact) mass is 378 g/mol. The van der Waals surface area contributed by atoms with Crippen LogP contribution in [-0.2, 0) is 4.79 Å². The van der Waals surface area contributed by atoms with Gasteiger partial charge in [0.2, 0.25) is 5.82 Å². The normalized spacial score (nSPS) is 15.6. The number of carbonyl (C=O) groups is 1. The zero-order valence-corrected chi connectivity index (χ0v) is 14.8. The summed E-state index contributed by atoms with van der Waals surface area (Å²) in [4.78, 5) is 23.2. The highest BCUT2D eigenvalue weighted by molar-refractivity contribution is 7.10. The third-order valence-corrected chi connectivity index (χ3v) is 5.48. The maximum atomic E-state index is 13.6. The highest BCUT2D eigenvalue weighted by atomic mass is 32.1. The van der Waals surface area contributed by atoms with Crippen LogP contribution >= 0.6 is 11.3 Å². The molecule has 1 saturated carbocycles. The number of hydrogen-bond donors (Lipinski definition) is 1. The van der Waals surface area contributed by atoms with Crippen molar-refractivity contribution in [2.24, 2.45) is 5.92 Å². The molecule has 8 heteroatoms. The number of thiophene rings is 1.